The maximum Gasteiger partial charge on any atom is 0.262 e. The third kappa shape index (κ3) is 2.72. The number of aliphatic hydroxyl groups is 1. The number of fused-ring (bicyclic) bond motifs is 4. The summed E-state index contributed by atoms with van der Waals surface area (Å²) in [5, 5.41) is 10.4. The summed E-state index contributed by atoms with van der Waals surface area (Å²) in [5.74, 6) is -0.240. The molecule has 5 rings (SSSR count). The van der Waals surface area contributed by atoms with Gasteiger partial charge in [-0.25, -0.2) is 9.38 Å². The number of benzene rings is 2. The number of halogens is 2. The number of ether oxygens (including phenoxy) is 1. The lowest BCUT2D eigenvalue weighted by molar-refractivity contribution is -0.138. The van der Waals surface area contributed by atoms with Crippen LogP contribution in [0.5, 0.6) is 5.75 Å². The molecular weight excluding hydrogens is 409 g/mol. The van der Waals surface area contributed by atoms with Crippen LogP contribution in [0.1, 0.15) is 24.8 Å². The second kappa shape index (κ2) is 6.68. The van der Waals surface area contributed by atoms with E-state index in [1.807, 2.05) is 6.07 Å². The highest BCUT2D eigenvalue weighted by atomic mass is 35.5. The third-order valence-corrected chi connectivity index (χ3v) is 6.65. The smallest absolute Gasteiger partial charge is 0.262 e. The molecule has 4 atom stereocenters. The lowest BCUT2D eigenvalue weighted by Crippen LogP contribution is -2.55. The van der Waals surface area contributed by atoms with Gasteiger partial charge < -0.3 is 15.6 Å². The molecule has 0 radical (unpaired) electrons. The average molecular weight is 430 g/mol. The summed E-state index contributed by atoms with van der Waals surface area (Å²) >= 11 is 6.04. The molecule has 4 unspecified atom stereocenters. The number of nitrogens with two attached hydrogens (primary N) is 1. The van der Waals surface area contributed by atoms with Crippen molar-refractivity contribution in [2.75, 3.05) is 7.05 Å². The quantitative estimate of drug-likeness (QED) is 0.729. The van der Waals surface area contributed by atoms with E-state index >= 15 is 0 Å². The van der Waals surface area contributed by atoms with Crippen LogP contribution in [0.2, 0.25) is 5.02 Å². The van der Waals surface area contributed by atoms with Crippen molar-refractivity contribution in [3.63, 3.8) is 0 Å². The first kappa shape index (κ1) is 19.3. The van der Waals surface area contributed by atoms with Crippen LogP contribution in [-0.2, 0) is 10.3 Å². The Morgan fingerprint density at radius 1 is 1.27 bits per heavy atom. The van der Waals surface area contributed by atoms with E-state index in [1.54, 1.807) is 25.2 Å². The van der Waals surface area contributed by atoms with E-state index in [4.69, 9.17) is 22.1 Å². The lowest BCUT2D eigenvalue weighted by atomic mass is 9.67. The highest BCUT2D eigenvalue weighted by molar-refractivity contribution is 6.30. The van der Waals surface area contributed by atoms with Crippen LogP contribution in [0, 0.1) is 11.7 Å². The summed E-state index contributed by atoms with van der Waals surface area (Å²) < 4.78 is 20.1. The first-order valence-corrected chi connectivity index (χ1v) is 10.3. The van der Waals surface area contributed by atoms with Gasteiger partial charge in [0.15, 0.2) is 11.5 Å². The number of guanidine groups is 1. The Kier molecular flexibility index (Phi) is 4.31. The number of rotatable bonds is 1. The van der Waals surface area contributed by atoms with Gasteiger partial charge in [0.25, 0.3) is 5.91 Å². The van der Waals surface area contributed by atoms with Crippen molar-refractivity contribution in [3.05, 3.63) is 52.8 Å². The van der Waals surface area contributed by atoms with Crippen LogP contribution >= 0.6 is 11.6 Å². The molecule has 2 aliphatic heterocycles. The second-order valence-electron chi connectivity index (χ2n) is 8.20. The standard InChI is InChI=1S/C22H21ClFN3O3/c1-27-20(29)22(26-21(27)25)16-4-3-15(28)10-19(16)30-18-5-2-11(8-17(18)22)12-6-13(23)9-14(24)7-12/h2,5-9,15-16,19,28H,3-4,10H2,1H3,(H2,25,26). The number of hydrogen-bond acceptors (Lipinski definition) is 5. The van der Waals surface area contributed by atoms with Crippen molar-refractivity contribution in [2.45, 2.75) is 37.0 Å². The molecule has 1 spiro atoms. The normalized spacial score (nSPS) is 30.0. The van der Waals surface area contributed by atoms with Crippen molar-refractivity contribution in [1.82, 2.24) is 4.90 Å². The Labute approximate surface area is 178 Å². The minimum Gasteiger partial charge on any atom is -0.490 e. The Balaban J connectivity index is 1.71. The van der Waals surface area contributed by atoms with Gasteiger partial charge in [0.2, 0.25) is 0 Å². The number of aliphatic hydroxyl groups excluding tert-OH is 1. The predicted octanol–water partition coefficient (Wildman–Crippen LogP) is 3.05. The molecule has 0 saturated heterocycles. The summed E-state index contributed by atoms with van der Waals surface area (Å²) in [6.45, 7) is 0. The van der Waals surface area contributed by atoms with Crippen molar-refractivity contribution < 1.29 is 19.0 Å². The van der Waals surface area contributed by atoms with Crippen LogP contribution in [0.3, 0.4) is 0 Å². The zero-order valence-electron chi connectivity index (χ0n) is 16.3. The van der Waals surface area contributed by atoms with Gasteiger partial charge in [-0.15, -0.1) is 0 Å². The molecule has 6 nitrogen and oxygen atoms in total. The fourth-order valence-electron chi connectivity index (χ4n) is 4.99. The number of aliphatic imine (C=N–C) groups is 1. The average Bonchev–Trinajstić information content (AvgIpc) is 2.92. The second-order valence-corrected chi connectivity index (χ2v) is 8.64. The van der Waals surface area contributed by atoms with Gasteiger partial charge >= 0.3 is 0 Å². The molecule has 1 aliphatic carbocycles. The van der Waals surface area contributed by atoms with Gasteiger partial charge in [-0.3, -0.25) is 9.69 Å². The fourth-order valence-corrected chi connectivity index (χ4v) is 5.21. The Morgan fingerprint density at radius 2 is 2.07 bits per heavy atom. The summed E-state index contributed by atoms with van der Waals surface area (Å²) in [6.07, 6.45) is 0.751. The number of amides is 1. The van der Waals surface area contributed by atoms with Gasteiger partial charge in [-0.1, -0.05) is 17.7 Å². The number of nitrogens with zero attached hydrogens (tertiary/aromatic N) is 2. The summed E-state index contributed by atoms with van der Waals surface area (Å²) in [5.41, 5.74) is 6.75. The molecule has 0 bridgehead atoms. The van der Waals surface area contributed by atoms with E-state index in [2.05, 4.69) is 4.99 Å². The molecule has 0 aromatic heterocycles. The molecule has 30 heavy (non-hydrogen) atoms. The molecule has 156 valence electrons. The molecule has 2 heterocycles. The highest BCUT2D eigenvalue weighted by Crippen LogP contribution is 2.53. The molecule has 1 amide bonds. The van der Waals surface area contributed by atoms with E-state index in [-0.39, 0.29) is 28.9 Å². The van der Waals surface area contributed by atoms with E-state index in [0.29, 0.717) is 41.7 Å². The monoisotopic (exact) mass is 429 g/mol. The van der Waals surface area contributed by atoms with Gasteiger partial charge in [-0.2, -0.15) is 0 Å². The van der Waals surface area contributed by atoms with Crippen molar-refractivity contribution >= 4 is 23.5 Å². The van der Waals surface area contributed by atoms with Crippen LogP contribution < -0.4 is 10.5 Å². The number of carbonyl (C=O) groups is 1. The van der Waals surface area contributed by atoms with Crippen LogP contribution in [-0.4, -0.2) is 41.1 Å². The highest BCUT2D eigenvalue weighted by Gasteiger charge is 2.60. The zero-order chi connectivity index (χ0) is 21.2. The molecule has 3 aliphatic rings. The lowest BCUT2D eigenvalue weighted by Gasteiger charge is -2.46. The topological polar surface area (TPSA) is 88.2 Å². The maximum atomic E-state index is 13.9. The van der Waals surface area contributed by atoms with Gasteiger partial charge in [0, 0.05) is 30.0 Å². The summed E-state index contributed by atoms with van der Waals surface area (Å²) in [7, 11) is 1.61. The van der Waals surface area contributed by atoms with Gasteiger partial charge in [-0.05, 0) is 54.3 Å². The molecule has 1 saturated carbocycles. The Bertz CT molecular complexity index is 1070. The molecule has 3 N–H and O–H groups in total. The van der Waals surface area contributed by atoms with Gasteiger partial charge in [0.1, 0.15) is 17.7 Å². The van der Waals surface area contributed by atoms with Gasteiger partial charge in [0.05, 0.1) is 6.10 Å². The summed E-state index contributed by atoms with van der Waals surface area (Å²) in [6, 6.07) is 9.68. The molecular formula is C22H21ClFN3O3. The van der Waals surface area contributed by atoms with E-state index in [1.165, 1.54) is 17.0 Å². The Hall–Kier alpha value is -2.64. The minimum absolute atomic E-state index is 0.150. The minimum atomic E-state index is -1.22. The first-order chi connectivity index (χ1) is 14.3. The Morgan fingerprint density at radius 3 is 2.77 bits per heavy atom. The largest absolute Gasteiger partial charge is 0.490 e. The van der Waals surface area contributed by atoms with E-state index in [9.17, 15) is 14.3 Å². The fraction of sp³-hybridized carbons (Fsp3) is 0.364. The van der Waals surface area contributed by atoms with Crippen molar-refractivity contribution in [1.29, 1.82) is 0 Å². The molecule has 2 aromatic rings. The predicted molar refractivity (Wildman–Crippen MR) is 111 cm³/mol. The van der Waals surface area contributed by atoms with E-state index < -0.39 is 17.5 Å². The first-order valence-electron chi connectivity index (χ1n) is 9.89. The van der Waals surface area contributed by atoms with Crippen LogP contribution in [0.4, 0.5) is 4.39 Å². The number of likely N-dealkylation sites (N-methyl/N-ethyl adjacent to an activating group) is 1. The maximum absolute atomic E-state index is 13.9. The molecule has 8 heteroatoms. The zero-order valence-corrected chi connectivity index (χ0v) is 17.1. The van der Waals surface area contributed by atoms with Crippen LogP contribution in [0.15, 0.2) is 41.4 Å². The number of hydrogen-bond donors (Lipinski definition) is 2. The molecule has 1 fully saturated rings. The van der Waals surface area contributed by atoms with E-state index in [0.717, 1.165) is 0 Å². The third-order valence-electron chi connectivity index (χ3n) is 6.43. The number of carbonyl (C=O) groups excluding carboxylic acids is 1. The van der Waals surface area contributed by atoms with Crippen molar-refractivity contribution in [3.8, 4) is 16.9 Å². The van der Waals surface area contributed by atoms with Crippen molar-refractivity contribution in [2.24, 2.45) is 16.6 Å². The molecule has 2 aromatic carbocycles. The van der Waals surface area contributed by atoms with Crippen LogP contribution in [0.25, 0.3) is 11.1 Å². The summed E-state index contributed by atoms with van der Waals surface area (Å²) in [4.78, 5) is 19.5. The SMILES string of the molecule is CN1C(=O)C2(N=C1N)c1cc(-c3cc(F)cc(Cl)c3)ccc1OC1CC(O)CCC12.